The van der Waals surface area contributed by atoms with Crippen molar-refractivity contribution < 1.29 is 19.0 Å². The number of benzene rings is 2. The third-order valence-corrected chi connectivity index (χ3v) is 4.72. The second-order valence-corrected chi connectivity index (χ2v) is 6.08. The highest BCUT2D eigenvalue weighted by atomic mass is 19.1. The van der Waals surface area contributed by atoms with Crippen LogP contribution < -0.4 is 0 Å². The molecule has 0 saturated carbocycles. The largest absolute Gasteiger partial charge is 0.507 e. The summed E-state index contributed by atoms with van der Waals surface area (Å²) < 4.78 is 19.1. The zero-order chi connectivity index (χ0) is 16.0. The Morgan fingerprint density at radius 2 is 2.09 bits per heavy atom. The van der Waals surface area contributed by atoms with Gasteiger partial charge in [0.15, 0.2) is 0 Å². The number of amides is 1. The van der Waals surface area contributed by atoms with Gasteiger partial charge in [0, 0.05) is 12.6 Å². The number of rotatable bonds is 1. The van der Waals surface area contributed by atoms with Crippen molar-refractivity contribution in [2.24, 2.45) is 0 Å². The van der Waals surface area contributed by atoms with Crippen molar-refractivity contribution in [3.05, 3.63) is 65.0 Å². The van der Waals surface area contributed by atoms with Gasteiger partial charge in [0.2, 0.25) is 0 Å². The number of likely N-dealkylation sites (tertiary alicyclic amines) is 1. The highest BCUT2D eigenvalue weighted by Gasteiger charge is 2.46. The fraction of sp³-hybridized carbons (Fsp3) is 0.278. The molecule has 2 aromatic carbocycles. The summed E-state index contributed by atoms with van der Waals surface area (Å²) in [6.45, 7) is 1.55. The normalized spacial score (nSPS) is 22.6. The number of carbonyl (C=O) groups is 1. The molecule has 23 heavy (non-hydrogen) atoms. The predicted molar refractivity (Wildman–Crippen MR) is 81.5 cm³/mol. The number of ether oxygens (including phenoxy) is 1. The molecule has 0 unspecified atom stereocenters. The highest BCUT2D eigenvalue weighted by molar-refractivity contribution is 5.97. The van der Waals surface area contributed by atoms with E-state index in [-0.39, 0.29) is 17.2 Å². The minimum Gasteiger partial charge on any atom is -0.507 e. The van der Waals surface area contributed by atoms with Crippen LogP contribution in [0.15, 0.2) is 42.5 Å². The van der Waals surface area contributed by atoms with Crippen LogP contribution in [0.5, 0.6) is 5.75 Å². The summed E-state index contributed by atoms with van der Waals surface area (Å²) in [5.41, 5.74) is 1.96. The maximum atomic E-state index is 13.1. The van der Waals surface area contributed by atoms with Gasteiger partial charge < -0.3 is 14.7 Å². The Bertz CT molecular complexity index is 792. The van der Waals surface area contributed by atoms with E-state index < -0.39 is 11.4 Å². The molecule has 1 atom stereocenters. The predicted octanol–water partition coefficient (Wildman–Crippen LogP) is 2.80. The Balaban J connectivity index is 1.61. The van der Waals surface area contributed by atoms with Crippen LogP contribution in [0.2, 0.25) is 0 Å². The van der Waals surface area contributed by atoms with Crippen LogP contribution in [-0.4, -0.2) is 29.0 Å². The molecule has 118 valence electrons. The monoisotopic (exact) mass is 313 g/mol. The lowest BCUT2D eigenvalue weighted by Gasteiger charge is -2.25. The van der Waals surface area contributed by atoms with Crippen molar-refractivity contribution in [1.82, 2.24) is 4.90 Å². The van der Waals surface area contributed by atoms with E-state index in [2.05, 4.69) is 0 Å². The van der Waals surface area contributed by atoms with Crippen LogP contribution in [-0.2, 0) is 16.9 Å². The van der Waals surface area contributed by atoms with Crippen molar-refractivity contribution >= 4 is 5.91 Å². The molecule has 1 N–H and O–H groups in total. The molecule has 0 bridgehead atoms. The molecule has 0 aromatic heterocycles. The van der Waals surface area contributed by atoms with E-state index in [4.69, 9.17) is 4.74 Å². The number of halogens is 1. The highest BCUT2D eigenvalue weighted by Crippen LogP contribution is 2.43. The molecule has 1 amide bonds. The number of nitrogens with zero attached hydrogens (tertiary/aromatic N) is 1. The molecule has 2 aliphatic heterocycles. The second-order valence-electron chi connectivity index (χ2n) is 6.08. The van der Waals surface area contributed by atoms with Crippen LogP contribution in [0, 0.1) is 5.82 Å². The van der Waals surface area contributed by atoms with E-state index in [0.717, 1.165) is 23.6 Å². The van der Waals surface area contributed by atoms with Gasteiger partial charge in [-0.15, -0.1) is 0 Å². The minimum atomic E-state index is -0.565. The Morgan fingerprint density at radius 3 is 2.91 bits per heavy atom. The molecular weight excluding hydrogens is 297 g/mol. The van der Waals surface area contributed by atoms with Gasteiger partial charge in [0.1, 0.15) is 17.2 Å². The maximum Gasteiger partial charge on any atom is 0.257 e. The number of phenols is 1. The molecule has 1 spiro atoms. The van der Waals surface area contributed by atoms with Gasteiger partial charge in [-0.1, -0.05) is 24.3 Å². The zero-order valence-electron chi connectivity index (χ0n) is 12.5. The topological polar surface area (TPSA) is 49.8 Å². The first-order valence-electron chi connectivity index (χ1n) is 7.59. The van der Waals surface area contributed by atoms with Crippen LogP contribution in [0.3, 0.4) is 0 Å². The molecule has 1 saturated heterocycles. The van der Waals surface area contributed by atoms with Gasteiger partial charge in [0.05, 0.1) is 18.7 Å². The molecule has 4 nitrogen and oxygen atoms in total. The molecule has 4 rings (SSSR count). The van der Waals surface area contributed by atoms with E-state index in [1.165, 1.54) is 12.1 Å². The fourth-order valence-electron chi connectivity index (χ4n) is 3.53. The second kappa shape index (κ2) is 5.06. The third kappa shape index (κ3) is 2.19. The summed E-state index contributed by atoms with van der Waals surface area (Å²) in [5.74, 6) is -1.19. The van der Waals surface area contributed by atoms with Crippen molar-refractivity contribution in [3.8, 4) is 5.75 Å². The first-order chi connectivity index (χ1) is 11.1. The lowest BCUT2D eigenvalue weighted by atomic mass is 9.92. The number of phenolic OH excluding ortho intramolecular Hbond substituents is 1. The lowest BCUT2D eigenvalue weighted by molar-refractivity contribution is -0.0283. The Labute approximate surface area is 133 Å². The summed E-state index contributed by atoms with van der Waals surface area (Å²) in [6.07, 6.45) is 0.720. The van der Waals surface area contributed by atoms with Gasteiger partial charge in [-0.3, -0.25) is 4.79 Å². The Hall–Kier alpha value is -2.40. The molecule has 0 aliphatic carbocycles. The standard InChI is InChI=1S/C18H16FNO3/c19-13-5-6-14(16(21)9-13)17(22)20-8-7-18(11-20)15-4-2-1-3-12(15)10-23-18/h1-6,9,21H,7-8,10-11H2/t18-/m0/s1. The average molecular weight is 313 g/mol. The van der Waals surface area contributed by atoms with Gasteiger partial charge in [0.25, 0.3) is 5.91 Å². The van der Waals surface area contributed by atoms with Crippen molar-refractivity contribution in [2.45, 2.75) is 18.6 Å². The quantitative estimate of drug-likeness (QED) is 0.881. The number of fused-ring (bicyclic) bond motifs is 2. The third-order valence-electron chi connectivity index (χ3n) is 4.72. The number of hydrogen-bond acceptors (Lipinski definition) is 3. The van der Waals surface area contributed by atoms with E-state index in [1.807, 2.05) is 24.3 Å². The summed E-state index contributed by atoms with van der Waals surface area (Å²) >= 11 is 0. The van der Waals surface area contributed by atoms with E-state index in [0.29, 0.717) is 19.7 Å². The van der Waals surface area contributed by atoms with E-state index in [9.17, 15) is 14.3 Å². The van der Waals surface area contributed by atoms with Gasteiger partial charge in [-0.05, 0) is 29.7 Å². The number of aromatic hydroxyl groups is 1. The SMILES string of the molecule is O=C(c1ccc(F)cc1O)N1CC[C@@]2(C1)OCc1ccccc12. The molecule has 2 aromatic rings. The van der Waals surface area contributed by atoms with Gasteiger partial charge >= 0.3 is 0 Å². The zero-order valence-corrected chi connectivity index (χ0v) is 12.5. The summed E-state index contributed by atoms with van der Waals surface area (Å²) in [4.78, 5) is 14.3. The van der Waals surface area contributed by atoms with E-state index in [1.54, 1.807) is 4.90 Å². The van der Waals surface area contributed by atoms with Gasteiger partial charge in [-0.2, -0.15) is 0 Å². The molecular formula is C18H16FNO3. The molecule has 1 fully saturated rings. The van der Waals surface area contributed by atoms with E-state index >= 15 is 0 Å². The smallest absolute Gasteiger partial charge is 0.257 e. The fourth-order valence-corrected chi connectivity index (χ4v) is 3.53. The first kappa shape index (κ1) is 14.2. The lowest BCUT2D eigenvalue weighted by Crippen LogP contribution is -2.34. The van der Waals surface area contributed by atoms with Crippen LogP contribution >= 0.6 is 0 Å². The molecule has 2 aliphatic rings. The molecule has 0 radical (unpaired) electrons. The van der Waals surface area contributed by atoms with Crippen LogP contribution in [0.25, 0.3) is 0 Å². The molecule has 2 heterocycles. The van der Waals surface area contributed by atoms with Crippen molar-refractivity contribution in [2.75, 3.05) is 13.1 Å². The number of carbonyl (C=O) groups excluding carboxylic acids is 1. The van der Waals surface area contributed by atoms with Gasteiger partial charge in [-0.25, -0.2) is 4.39 Å². The average Bonchev–Trinajstić information content (AvgIpc) is 3.13. The Morgan fingerprint density at radius 1 is 1.26 bits per heavy atom. The van der Waals surface area contributed by atoms with Crippen molar-refractivity contribution in [3.63, 3.8) is 0 Å². The number of hydrogen-bond donors (Lipinski definition) is 1. The Kier molecular flexibility index (Phi) is 3.13. The van der Waals surface area contributed by atoms with Crippen LogP contribution in [0.1, 0.15) is 27.9 Å². The van der Waals surface area contributed by atoms with Crippen LogP contribution in [0.4, 0.5) is 4.39 Å². The summed E-state index contributed by atoms with van der Waals surface area (Å²) in [6, 6.07) is 11.5. The van der Waals surface area contributed by atoms with Crippen molar-refractivity contribution in [1.29, 1.82) is 0 Å². The molecule has 5 heteroatoms. The maximum absolute atomic E-state index is 13.1. The summed E-state index contributed by atoms with van der Waals surface area (Å²) in [7, 11) is 0. The minimum absolute atomic E-state index is 0.120. The summed E-state index contributed by atoms with van der Waals surface area (Å²) in [5, 5.41) is 9.82. The first-order valence-corrected chi connectivity index (χ1v) is 7.59.